The molecule has 1 aromatic carbocycles. The fourth-order valence-corrected chi connectivity index (χ4v) is 2.34. The van der Waals surface area contributed by atoms with Gasteiger partial charge in [0.2, 0.25) is 0 Å². The Morgan fingerprint density at radius 3 is 2.80 bits per heavy atom. The van der Waals surface area contributed by atoms with Gasteiger partial charge in [0.05, 0.1) is 16.3 Å². The third-order valence-corrected chi connectivity index (χ3v) is 3.80. The Balaban J connectivity index is 2.05. The molecule has 0 saturated carbocycles. The second kappa shape index (κ2) is 7.81. The Morgan fingerprint density at radius 2 is 2.20 bits per heavy atom. The van der Waals surface area contributed by atoms with E-state index in [1.165, 1.54) is 25.1 Å². The summed E-state index contributed by atoms with van der Waals surface area (Å²) >= 11 is 5.92. The van der Waals surface area contributed by atoms with Gasteiger partial charge < -0.3 is 14.6 Å². The second-order valence-corrected chi connectivity index (χ2v) is 5.66. The fourth-order valence-electron chi connectivity index (χ4n) is 2.12. The lowest BCUT2D eigenvalue weighted by Gasteiger charge is -2.14. The van der Waals surface area contributed by atoms with Crippen molar-refractivity contribution in [3.05, 3.63) is 45.8 Å². The minimum atomic E-state index is -1.04. The zero-order chi connectivity index (χ0) is 18.6. The van der Waals surface area contributed by atoms with E-state index in [2.05, 4.69) is 10.5 Å². The minimum Gasteiger partial charge on any atom is -0.449 e. The van der Waals surface area contributed by atoms with E-state index >= 15 is 0 Å². The number of ether oxygens (including phenoxy) is 1. The number of nitrogens with zero attached hydrogens (tertiary/aromatic N) is 2. The molecule has 7 nitrogen and oxygen atoms in total. The van der Waals surface area contributed by atoms with Crippen LogP contribution in [0.25, 0.3) is 0 Å². The summed E-state index contributed by atoms with van der Waals surface area (Å²) in [6.07, 6.45) is -0.535. The first kappa shape index (κ1) is 18.5. The first-order valence-corrected chi connectivity index (χ1v) is 7.91. The van der Waals surface area contributed by atoms with Gasteiger partial charge in [0.1, 0.15) is 17.4 Å². The van der Waals surface area contributed by atoms with E-state index in [1.807, 2.05) is 13.0 Å². The lowest BCUT2D eigenvalue weighted by Crippen LogP contribution is -2.30. The van der Waals surface area contributed by atoms with Crippen LogP contribution in [-0.2, 0) is 16.0 Å². The lowest BCUT2D eigenvalue weighted by atomic mass is 10.1. The molecule has 0 radical (unpaired) electrons. The van der Waals surface area contributed by atoms with Gasteiger partial charge in [-0.2, -0.15) is 5.26 Å². The van der Waals surface area contributed by atoms with Crippen LogP contribution < -0.4 is 5.32 Å². The molecule has 2 aromatic rings. The molecular formula is C17H16ClN3O4. The van der Waals surface area contributed by atoms with Crippen molar-refractivity contribution in [2.75, 3.05) is 5.32 Å². The number of hydrogen-bond acceptors (Lipinski definition) is 6. The molecule has 1 N–H and O–H groups in total. The number of halogens is 1. The van der Waals surface area contributed by atoms with Gasteiger partial charge in [-0.1, -0.05) is 23.7 Å². The first-order valence-electron chi connectivity index (χ1n) is 7.54. The average molecular weight is 362 g/mol. The molecule has 0 aliphatic carbocycles. The van der Waals surface area contributed by atoms with Gasteiger partial charge in [-0.3, -0.25) is 4.79 Å². The molecule has 2 rings (SSSR count). The molecule has 0 fully saturated rings. The number of carbonyl (C=O) groups is 2. The zero-order valence-electron chi connectivity index (χ0n) is 13.9. The highest BCUT2D eigenvalue weighted by Crippen LogP contribution is 2.21. The van der Waals surface area contributed by atoms with Crippen LogP contribution in [0.1, 0.15) is 41.2 Å². The number of benzene rings is 1. The zero-order valence-corrected chi connectivity index (χ0v) is 14.7. The van der Waals surface area contributed by atoms with Gasteiger partial charge in [-0.25, -0.2) is 4.79 Å². The molecule has 0 unspecified atom stereocenters. The van der Waals surface area contributed by atoms with E-state index in [1.54, 1.807) is 6.92 Å². The number of aryl methyl sites for hydroxylation is 2. The van der Waals surface area contributed by atoms with E-state index < -0.39 is 18.0 Å². The van der Waals surface area contributed by atoms with Crippen LogP contribution in [0.5, 0.6) is 0 Å². The Bertz CT molecular complexity index is 854. The van der Waals surface area contributed by atoms with Crippen LogP contribution in [0.4, 0.5) is 5.69 Å². The fraction of sp³-hybridized carbons (Fsp3) is 0.294. The Kier molecular flexibility index (Phi) is 5.78. The lowest BCUT2D eigenvalue weighted by molar-refractivity contribution is -0.123. The summed E-state index contributed by atoms with van der Waals surface area (Å²) < 4.78 is 10.2. The SMILES string of the molecule is CCc1noc(C)c1C(=O)O[C@H](C)C(=O)Nc1ccc(C#N)c(Cl)c1. The molecule has 1 aromatic heterocycles. The maximum atomic E-state index is 12.3. The Morgan fingerprint density at radius 1 is 1.48 bits per heavy atom. The van der Waals surface area contributed by atoms with Gasteiger partial charge in [0.15, 0.2) is 6.10 Å². The van der Waals surface area contributed by atoms with E-state index in [4.69, 9.17) is 26.1 Å². The number of nitriles is 1. The van der Waals surface area contributed by atoms with Crippen LogP contribution >= 0.6 is 11.6 Å². The monoisotopic (exact) mass is 361 g/mol. The van der Waals surface area contributed by atoms with Crippen molar-refractivity contribution in [1.82, 2.24) is 5.16 Å². The van der Waals surface area contributed by atoms with Crippen molar-refractivity contribution in [3.8, 4) is 6.07 Å². The third kappa shape index (κ3) is 4.17. The predicted molar refractivity (Wildman–Crippen MR) is 90.3 cm³/mol. The summed E-state index contributed by atoms with van der Waals surface area (Å²) in [5.74, 6) is -0.856. The van der Waals surface area contributed by atoms with E-state index in [-0.39, 0.29) is 10.6 Å². The van der Waals surface area contributed by atoms with E-state index in [9.17, 15) is 9.59 Å². The summed E-state index contributed by atoms with van der Waals surface area (Å²) in [4.78, 5) is 24.4. The van der Waals surface area contributed by atoms with Crippen molar-refractivity contribution in [2.45, 2.75) is 33.3 Å². The van der Waals surface area contributed by atoms with Gasteiger partial charge in [0, 0.05) is 5.69 Å². The summed E-state index contributed by atoms with van der Waals surface area (Å²) in [5.41, 5.74) is 1.42. The standard InChI is InChI=1S/C17H16ClN3O4/c1-4-14-15(9(2)25-21-14)17(23)24-10(3)16(22)20-12-6-5-11(8-19)13(18)7-12/h5-7,10H,4H2,1-3H3,(H,20,22)/t10-/m1/s1. The highest BCUT2D eigenvalue weighted by molar-refractivity contribution is 6.32. The molecule has 1 atom stereocenters. The minimum absolute atomic E-state index is 0.220. The first-order chi connectivity index (χ1) is 11.9. The normalized spacial score (nSPS) is 11.5. The number of amides is 1. The van der Waals surface area contributed by atoms with E-state index in [0.29, 0.717) is 29.1 Å². The largest absolute Gasteiger partial charge is 0.449 e. The average Bonchev–Trinajstić information content (AvgIpc) is 2.95. The smallest absolute Gasteiger partial charge is 0.344 e. The second-order valence-electron chi connectivity index (χ2n) is 5.26. The highest BCUT2D eigenvalue weighted by Gasteiger charge is 2.25. The summed E-state index contributed by atoms with van der Waals surface area (Å²) in [6, 6.07) is 6.40. The maximum absolute atomic E-state index is 12.3. The van der Waals surface area contributed by atoms with Crippen molar-refractivity contribution in [1.29, 1.82) is 5.26 Å². The number of esters is 1. The van der Waals surface area contributed by atoms with Crippen LogP contribution in [0.2, 0.25) is 5.02 Å². The molecule has 0 spiro atoms. The summed E-state index contributed by atoms with van der Waals surface area (Å²) in [6.45, 7) is 4.89. The topological polar surface area (TPSA) is 105 Å². The van der Waals surface area contributed by atoms with Crippen molar-refractivity contribution >= 4 is 29.2 Å². The quantitative estimate of drug-likeness (QED) is 0.819. The molecule has 1 heterocycles. The van der Waals surface area contributed by atoms with Gasteiger partial charge in [-0.15, -0.1) is 0 Å². The Hall–Kier alpha value is -2.85. The molecule has 0 aliphatic heterocycles. The molecule has 0 aliphatic rings. The molecule has 1 amide bonds. The van der Waals surface area contributed by atoms with Crippen LogP contribution in [0.3, 0.4) is 0 Å². The van der Waals surface area contributed by atoms with Gasteiger partial charge in [-0.05, 0) is 38.5 Å². The number of nitrogens with one attached hydrogen (secondary N) is 1. The summed E-state index contributed by atoms with van der Waals surface area (Å²) in [5, 5.41) is 15.4. The maximum Gasteiger partial charge on any atom is 0.344 e. The number of anilines is 1. The molecule has 25 heavy (non-hydrogen) atoms. The molecule has 130 valence electrons. The van der Waals surface area contributed by atoms with Crippen LogP contribution in [0, 0.1) is 18.3 Å². The molecular weight excluding hydrogens is 346 g/mol. The molecule has 0 bridgehead atoms. The number of rotatable bonds is 5. The number of carbonyl (C=O) groups excluding carboxylic acids is 2. The van der Waals surface area contributed by atoms with Crippen LogP contribution in [0.15, 0.2) is 22.7 Å². The van der Waals surface area contributed by atoms with Gasteiger partial charge in [0.25, 0.3) is 5.91 Å². The van der Waals surface area contributed by atoms with Crippen LogP contribution in [-0.4, -0.2) is 23.1 Å². The highest BCUT2D eigenvalue weighted by atomic mass is 35.5. The summed E-state index contributed by atoms with van der Waals surface area (Å²) in [7, 11) is 0. The number of hydrogen-bond donors (Lipinski definition) is 1. The predicted octanol–water partition coefficient (Wildman–Crippen LogP) is 3.25. The van der Waals surface area contributed by atoms with Crippen molar-refractivity contribution in [3.63, 3.8) is 0 Å². The molecule has 8 heteroatoms. The molecule has 0 saturated heterocycles. The Labute approximate surface area is 149 Å². The third-order valence-electron chi connectivity index (χ3n) is 3.48. The van der Waals surface area contributed by atoms with E-state index in [0.717, 1.165) is 0 Å². The van der Waals surface area contributed by atoms with Crippen molar-refractivity contribution in [2.24, 2.45) is 0 Å². The number of aromatic nitrogens is 1. The van der Waals surface area contributed by atoms with Gasteiger partial charge >= 0.3 is 5.97 Å². The van der Waals surface area contributed by atoms with Crippen molar-refractivity contribution < 1.29 is 18.8 Å².